The second-order valence-corrected chi connectivity index (χ2v) is 7.66. The van der Waals surface area contributed by atoms with Crippen molar-refractivity contribution in [3.8, 4) is 5.88 Å². The van der Waals surface area contributed by atoms with Gasteiger partial charge in [0.1, 0.15) is 17.2 Å². The van der Waals surface area contributed by atoms with Crippen molar-refractivity contribution in [2.75, 3.05) is 0 Å². The van der Waals surface area contributed by atoms with Gasteiger partial charge in [0.15, 0.2) is 3.95 Å². The van der Waals surface area contributed by atoms with E-state index in [1.165, 1.54) is 0 Å². The topological polar surface area (TPSA) is 109 Å². The Morgan fingerprint density at radius 3 is 2.84 bits per heavy atom. The van der Waals surface area contributed by atoms with Crippen LogP contribution in [0.15, 0.2) is 27.7 Å². The second-order valence-electron chi connectivity index (χ2n) is 5.10. The van der Waals surface area contributed by atoms with Crippen LogP contribution < -0.4 is 10.6 Å². The highest BCUT2D eigenvalue weighted by molar-refractivity contribution is 9.10. The third kappa shape index (κ3) is 2.96. The molecule has 1 amide bonds. The molecule has 1 aliphatic heterocycles. The number of carbonyl (C=O) groups excluding carboxylic acids is 2. The minimum atomic E-state index is -1.34. The molecule has 0 aliphatic carbocycles. The Morgan fingerprint density at radius 1 is 1.48 bits per heavy atom. The summed E-state index contributed by atoms with van der Waals surface area (Å²) in [6.07, 6.45) is 0.0795. The van der Waals surface area contributed by atoms with Crippen molar-refractivity contribution >= 4 is 63.2 Å². The van der Waals surface area contributed by atoms with E-state index in [2.05, 4.69) is 20.9 Å². The van der Waals surface area contributed by atoms with Crippen molar-refractivity contribution in [2.24, 2.45) is 4.99 Å². The maximum Gasteiger partial charge on any atom is 0.327 e. The number of benzene rings is 1. The largest absolute Gasteiger partial charge is 0.493 e. The molecule has 10 heteroatoms. The number of amides is 1. The van der Waals surface area contributed by atoms with E-state index in [4.69, 9.17) is 12.2 Å². The van der Waals surface area contributed by atoms with Crippen LogP contribution in [-0.4, -0.2) is 32.9 Å². The Bertz CT molecular complexity index is 1100. The smallest absolute Gasteiger partial charge is 0.327 e. The second kappa shape index (κ2) is 6.62. The number of hydrogen-bond donors (Lipinski definition) is 2. The highest BCUT2D eigenvalue weighted by Crippen LogP contribution is 2.35. The number of aldehydes is 1. The minimum absolute atomic E-state index is 0.0468. The van der Waals surface area contributed by atoms with Crippen LogP contribution in [0.5, 0.6) is 5.88 Å². The van der Waals surface area contributed by atoms with Gasteiger partial charge in [-0.3, -0.25) is 9.36 Å². The maximum atomic E-state index is 12.3. The summed E-state index contributed by atoms with van der Waals surface area (Å²) in [4.78, 5) is 38.5. The first-order chi connectivity index (χ1) is 11.8. The van der Waals surface area contributed by atoms with E-state index in [1.54, 1.807) is 18.2 Å². The van der Waals surface area contributed by atoms with Gasteiger partial charge < -0.3 is 15.0 Å². The zero-order chi connectivity index (χ0) is 18.3. The average molecular weight is 441 g/mol. The Balaban J connectivity index is 2.29. The highest BCUT2D eigenvalue weighted by atomic mass is 79.9. The molecule has 1 aliphatic rings. The molecule has 25 heavy (non-hydrogen) atoms. The number of thiazole rings is 1. The van der Waals surface area contributed by atoms with Crippen LogP contribution in [0.4, 0.5) is 0 Å². The number of aliphatic carboxylic acids is 1. The SMILES string of the molecule is O=CCC(C(=O)O)n1c(O)c(C2=c3cc(Br)ccc3=NC2=O)sc1=S. The van der Waals surface area contributed by atoms with E-state index in [-0.39, 0.29) is 20.8 Å². The van der Waals surface area contributed by atoms with Crippen LogP contribution in [0.25, 0.3) is 5.57 Å². The lowest BCUT2D eigenvalue weighted by molar-refractivity contribution is -0.142. The number of hydrogen-bond acceptors (Lipinski definition) is 6. The fraction of sp³-hybridized carbons (Fsp3) is 0.133. The molecule has 0 spiro atoms. The quantitative estimate of drug-likeness (QED) is 0.535. The third-order valence-electron chi connectivity index (χ3n) is 3.62. The molecule has 128 valence electrons. The first-order valence-electron chi connectivity index (χ1n) is 6.89. The predicted octanol–water partition coefficient (Wildman–Crippen LogP) is 1.32. The summed E-state index contributed by atoms with van der Waals surface area (Å²) in [7, 11) is 0. The van der Waals surface area contributed by atoms with Gasteiger partial charge in [0.25, 0.3) is 5.91 Å². The number of aromatic hydroxyl groups is 1. The first-order valence-corrected chi connectivity index (χ1v) is 8.91. The number of carboxylic acids is 1. The van der Waals surface area contributed by atoms with Crippen molar-refractivity contribution in [1.29, 1.82) is 0 Å². The van der Waals surface area contributed by atoms with Gasteiger partial charge in [-0.25, -0.2) is 9.79 Å². The Morgan fingerprint density at radius 2 is 2.20 bits per heavy atom. The van der Waals surface area contributed by atoms with E-state index in [1.807, 2.05) is 0 Å². The van der Waals surface area contributed by atoms with Crippen LogP contribution in [0, 0.1) is 3.95 Å². The monoisotopic (exact) mass is 440 g/mol. The molecule has 0 bridgehead atoms. The van der Waals surface area contributed by atoms with Crippen LogP contribution in [-0.2, 0) is 14.4 Å². The molecule has 0 radical (unpaired) electrons. The molecule has 1 unspecified atom stereocenters. The van der Waals surface area contributed by atoms with Gasteiger partial charge in [0.2, 0.25) is 5.88 Å². The molecule has 3 rings (SSSR count). The van der Waals surface area contributed by atoms with E-state index in [0.29, 0.717) is 16.9 Å². The zero-order valence-corrected chi connectivity index (χ0v) is 15.5. The molecule has 0 fully saturated rings. The predicted molar refractivity (Wildman–Crippen MR) is 94.6 cm³/mol. The molecule has 7 nitrogen and oxygen atoms in total. The normalized spacial score (nSPS) is 14.1. The summed E-state index contributed by atoms with van der Waals surface area (Å²) in [6, 6.07) is 3.73. The van der Waals surface area contributed by atoms with E-state index >= 15 is 0 Å². The summed E-state index contributed by atoms with van der Waals surface area (Å²) >= 11 is 9.36. The lowest BCUT2D eigenvalue weighted by Crippen LogP contribution is -2.23. The van der Waals surface area contributed by atoms with Gasteiger partial charge in [-0.15, -0.1) is 11.3 Å². The molecular formula is C15H9BrN2O5S2. The van der Waals surface area contributed by atoms with Crippen molar-refractivity contribution < 1.29 is 24.6 Å². The molecule has 2 heterocycles. The van der Waals surface area contributed by atoms with Gasteiger partial charge in [-0.05, 0) is 30.4 Å². The van der Waals surface area contributed by atoms with E-state index in [9.17, 15) is 24.6 Å². The molecule has 2 N–H and O–H groups in total. The third-order valence-corrected chi connectivity index (χ3v) is 5.53. The molecule has 1 aromatic carbocycles. The number of nitrogens with zero attached hydrogens (tertiary/aromatic N) is 2. The number of halogens is 1. The number of aromatic nitrogens is 1. The summed E-state index contributed by atoms with van der Waals surface area (Å²) < 4.78 is 1.74. The molecule has 0 saturated carbocycles. The van der Waals surface area contributed by atoms with Crippen LogP contribution in [0.2, 0.25) is 0 Å². The molecule has 2 aromatic rings. The molecular weight excluding hydrogens is 432 g/mol. The summed E-state index contributed by atoms with van der Waals surface area (Å²) in [5, 5.41) is 20.8. The molecule has 0 saturated heterocycles. The van der Waals surface area contributed by atoms with Gasteiger partial charge in [0, 0.05) is 16.1 Å². The number of carbonyl (C=O) groups is 3. The number of fused-ring (bicyclic) bond motifs is 1. The summed E-state index contributed by atoms with van der Waals surface area (Å²) in [6.45, 7) is 0. The van der Waals surface area contributed by atoms with Crippen LogP contribution >= 0.6 is 39.5 Å². The van der Waals surface area contributed by atoms with Gasteiger partial charge in [-0.2, -0.15) is 0 Å². The lowest BCUT2D eigenvalue weighted by atomic mass is 10.1. The Labute approximate surface area is 157 Å². The van der Waals surface area contributed by atoms with Crippen molar-refractivity contribution in [1.82, 2.24) is 4.57 Å². The van der Waals surface area contributed by atoms with E-state index in [0.717, 1.165) is 20.4 Å². The molecule has 1 atom stereocenters. The van der Waals surface area contributed by atoms with E-state index < -0.39 is 23.8 Å². The highest BCUT2D eigenvalue weighted by Gasteiger charge is 2.30. The maximum absolute atomic E-state index is 12.3. The van der Waals surface area contributed by atoms with Crippen LogP contribution in [0.1, 0.15) is 17.3 Å². The lowest BCUT2D eigenvalue weighted by Gasteiger charge is -2.12. The Hall–Kier alpha value is -2.17. The standard InChI is InChI=1S/C15H9BrN2O5S2/c16-6-1-2-8-7(5-6)10(12(20)17-8)11-13(21)18(15(24)25-11)9(3-4-19)14(22)23/h1-2,4-5,9,21H,3H2,(H,22,23). The molecule has 1 aromatic heterocycles. The van der Waals surface area contributed by atoms with Gasteiger partial charge >= 0.3 is 5.97 Å². The van der Waals surface area contributed by atoms with Gasteiger partial charge in [0.05, 0.1) is 10.9 Å². The minimum Gasteiger partial charge on any atom is -0.493 e. The van der Waals surface area contributed by atoms with Gasteiger partial charge in [-0.1, -0.05) is 15.9 Å². The van der Waals surface area contributed by atoms with Crippen molar-refractivity contribution in [2.45, 2.75) is 12.5 Å². The average Bonchev–Trinajstić information content (AvgIpc) is 3.00. The van der Waals surface area contributed by atoms with Crippen molar-refractivity contribution in [3.05, 3.63) is 42.1 Å². The first kappa shape index (κ1) is 17.6. The fourth-order valence-corrected chi connectivity index (χ4v) is 4.33. The summed E-state index contributed by atoms with van der Waals surface area (Å²) in [5.41, 5.74) is 0.152. The zero-order valence-electron chi connectivity index (χ0n) is 12.3. The summed E-state index contributed by atoms with van der Waals surface area (Å²) in [5.74, 6) is -2.32. The fourth-order valence-electron chi connectivity index (χ4n) is 2.53. The Kier molecular flexibility index (Phi) is 4.67. The van der Waals surface area contributed by atoms with Crippen molar-refractivity contribution in [3.63, 3.8) is 0 Å². The number of rotatable bonds is 5. The van der Waals surface area contributed by atoms with Crippen LogP contribution in [0.3, 0.4) is 0 Å². The number of carboxylic acid groups (broad SMARTS) is 1.